The summed E-state index contributed by atoms with van der Waals surface area (Å²) in [4.78, 5) is 0. The standard InChI is InChI=1S/7ClH.2Fe/h7*1H;;/q;;;;;;;+3;+4/p-7. The molecule has 0 unspecified atom stereocenters. The molecular weight excluding hydrogens is 360 g/mol. The Morgan fingerprint density at radius 2 is 0.778 bits per heavy atom. The molecule has 0 aromatic carbocycles. The number of halogens is 7. The first-order valence-electron chi connectivity index (χ1n) is 0.935. The Morgan fingerprint density at radius 3 is 0.778 bits per heavy atom. The molecule has 0 fully saturated rings. The molecular formula is Cl7Fe2. The van der Waals surface area contributed by atoms with Crippen LogP contribution in [0.25, 0.3) is 0 Å². The van der Waals surface area contributed by atoms with Crippen LogP contribution in [-0.4, -0.2) is 0 Å². The number of rotatable bonds is 0. The zero-order chi connectivity index (χ0) is 8.08. The van der Waals surface area contributed by atoms with Gasteiger partial charge in [-0.25, -0.2) is 0 Å². The molecule has 0 nitrogen and oxygen atoms in total. The summed E-state index contributed by atoms with van der Waals surface area (Å²) in [5.41, 5.74) is 0. The van der Waals surface area contributed by atoms with E-state index < -0.39 is 20.4 Å². The first-order chi connectivity index (χ1) is 3.73. The molecule has 9 heavy (non-hydrogen) atoms. The summed E-state index contributed by atoms with van der Waals surface area (Å²) in [6.45, 7) is 0. The van der Waals surface area contributed by atoms with Gasteiger partial charge in [-0.3, -0.25) is 0 Å². The molecule has 0 aliphatic carbocycles. The van der Waals surface area contributed by atoms with Gasteiger partial charge < -0.3 is 0 Å². The van der Waals surface area contributed by atoms with Gasteiger partial charge in [-0.1, -0.05) is 0 Å². The number of hydrogen-bond acceptors (Lipinski definition) is 0. The second-order valence-corrected chi connectivity index (χ2v) is 16.9. The van der Waals surface area contributed by atoms with E-state index in [9.17, 15) is 0 Å². The molecule has 0 bridgehead atoms. The van der Waals surface area contributed by atoms with E-state index in [4.69, 9.17) is 70.7 Å². The molecule has 0 atom stereocenters. The van der Waals surface area contributed by atoms with Crippen LogP contribution < -0.4 is 0 Å². The maximum absolute atomic E-state index is 4.95. The molecule has 0 aliphatic rings. The predicted octanol–water partition coefficient (Wildman–Crippen LogP) is 4.82. The Balaban J connectivity index is 0. The molecule has 0 saturated heterocycles. The van der Waals surface area contributed by atoms with Gasteiger partial charge in [-0.05, 0) is 0 Å². The van der Waals surface area contributed by atoms with Crippen molar-refractivity contribution in [3.05, 3.63) is 0 Å². The summed E-state index contributed by atoms with van der Waals surface area (Å²) in [6.07, 6.45) is 0. The van der Waals surface area contributed by atoms with Crippen LogP contribution in [0.5, 0.6) is 0 Å². The van der Waals surface area contributed by atoms with Gasteiger partial charge in [0.1, 0.15) is 0 Å². The Hall–Kier alpha value is 3.07. The van der Waals surface area contributed by atoms with E-state index in [-0.39, 0.29) is 0 Å². The third-order valence-electron chi connectivity index (χ3n) is 0. The van der Waals surface area contributed by atoms with E-state index in [0.717, 1.165) is 0 Å². The van der Waals surface area contributed by atoms with Crippen LogP contribution in [0.3, 0.4) is 0 Å². The van der Waals surface area contributed by atoms with Crippen LogP contribution in [0.1, 0.15) is 0 Å². The van der Waals surface area contributed by atoms with Crippen molar-refractivity contribution in [3.63, 3.8) is 0 Å². The van der Waals surface area contributed by atoms with Gasteiger partial charge in [-0.15, -0.1) is 0 Å². The van der Waals surface area contributed by atoms with Crippen molar-refractivity contribution in [1.82, 2.24) is 0 Å². The first-order valence-corrected chi connectivity index (χ1v) is 11.6. The Labute approximate surface area is 89.7 Å². The fourth-order valence-corrected chi connectivity index (χ4v) is 0. The molecule has 0 amide bonds. The Kier molecular flexibility index (Phi) is 12.5. The topological polar surface area (TPSA) is 0 Å². The zero-order valence-corrected chi connectivity index (χ0v) is 10.9. The molecule has 0 saturated carbocycles. The molecule has 0 heterocycles. The number of hydrogen-bond donors (Lipinski definition) is 0. The van der Waals surface area contributed by atoms with Crippen LogP contribution >= 0.6 is 70.7 Å². The van der Waals surface area contributed by atoms with Gasteiger partial charge in [0.25, 0.3) is 0 Å². The van der Waals surface area contributed by atoms with Crippen LogP contribution in [-0.2, 0) is 20.4 Å². The molecule has 0 spiro atoms. The van der Waals surface area contributed by atoms with Crippen molar-refractivity contribution in [1.29, 1.82) is 0 Å². The van der Waals surface area contributed by atoms with Crippen LogP contribution in [0, 0.1) is 0 Å². The van der Waals surface area contributed by atoms with Crippen molar-refractivity contribution in [3.8, 4) is 0 Å². The van der Waals surface area contributed by atoms with Crippen molar-refractivity contribution < 1.29 is 20.4 Å². The van der Waals surface area contributed by atoms with Gasteiger partial charge in [0.15, 0.2) is 0 Å². The maximum atomic E-state index is 4.95. The second kappa shape index (κ2) is 7.70. The quantitative estimate of drug-likeness (QED) is 0.544. The van der Waals surface area contributed by atoms with E-state index in [2.05, 4.69) is 0 Å². The van der Waals surface area contributed by atoms with Crippen molar-refractivity contribution in [2.24, 2.45) is 0 Å². The normalized spacial score (nSPS) is 13.4. The van der Waals surface area contributed by atoms with Gasteiger partial charge in [-0.2, -0.15) is 0 Å². The summed E-state index contributed by atoms with van der Waals surface area (Å²) in [7, 11) is 31.9. The average molecular weight is 360 g/mol. The van der Waals surface area contributed by atoms with Gasteiger partial charge in [0.2, 0.25) is 0 Å². The molecule has 65 valence electrons. The van der Waals surface area contributed by atoms with E-state index in [1.54, 1.807) is 0 Å². The molecule has 0 aromatic rings. The van der Waals surface area contributed by atoms with E-state index in [1.807, 2.05) is 0 Å². The fourth-order valence-electron chi connectivity index (χ4n) is 0. The molecule has 9 heteroatoms. The summed E-state index contributed by atoms with van der Waals surface area (Å²) in [6, 6.07) is 0. The zero-order valence-electron chi connectivity index (χ0n) is 3.35. The summed E-state index contributed by atoms with van der Waals surface area (Å²) in [5, 5.41) is 0. The monoisotopic (exact) mass is 357 g/mol. The van der Waals surface area contributed by atoms with Gasteiger partial charge in [0, 0.05) is 0 Å². The van der Waals surface area contributed by atoms with E-state index >= 15 is 0 Å². The van der Waals surface area contributed by atoms with Crippen LogP contribution in [0.2, 0.25) is 0 Å². The fraction of sp³-hybridized carbons (Fsp3) is 0. The Morgan fingerprint density at radius 1 is 0.778 bits per heavy atom. The van der Waals surface area contributed by atoms with Crippen molar-refractivity contribution in [2.45, 2.75) is 0 Å². The summed E-state index contributed by atoms with van der Waals surface area (Å²) >= 11 is -1.33. The third-order valence-corrected chi connectivity index (χ3v) is 0. The van der Waals surface area contributed by atoms with Gasteiger partial charge in [0.05, 0.1) is 0 Å². The summed E-state index contributed by atoms with van der Waals surface area (Å²) < 4.78 is 0. The van der Waals surface area contributed by atoms with Crippen LogP contribution in [0.4, 0.5) is 0 Å². The first kappa shape index (κ1) is 14.6. The molecule has 0 rings (SSSR count). The van der Waals surface area contributed by atoms with Crippen molar-refractivity contribution >= 4 is 70.7 Å². The van der Waals surface area contributed by atoms with Crippen LogP contribution in [0.15, 0.2) is 0 Å². The minimum absolute atomic E-state index is 1.33. The minimum atomic E-state index is -2.61. The predicted molar refractivity (Wildman–Crippen MR) is 41.0 cm³/mol. The van der Waals surface area contributed by atoms with E-state index in [1.165, 1.54) is 0 Å². The van der Waals surface area contributed by atoms with Crippen molar-refractivity contribution in [2.75, 3.05) is 0 Å². The Bertz CT molecular complexity index is 43.7. The molecule has 0 radical (unpaired) electrons. The SMILES string of the molecule is [Cl][Fe]([Cl])([Cl])[Cl].[Cl][Fe]([Cl])[Cl]. The van der Waals surface area contributed by atoms with E-state index in [0.29, 0.717) is 0 Å². The average Bonchev–Trinajstić information content (AvgIpc) is 1.19. The molecule has 0 aromatic heterocycles. The molecule has 0 N–H and O–H groups in total. The molecule has 0 aliphatic heterocycles. The van der Waals surface area contributed by atoms with Gasteiger partial charge >= 0.3 is 91.1 Å². The third kappa shape index (κ3) is 96.7. The summed E-state index contributed by atoms with van der Waals surface area (Å²) in [5.74, 6) is 0. The second-order valence-electron chi connectivity index (χ2n) is 0.455.